The molecule has 22 heavy (non-hydrogen) atoms. The van der Waals surface area contributed by atoms with Gasteiger partial charge in [0.1, 0.15) is 6.61 Å². The van der Waals surface area contributed by atoms with E-state index in [4.69, 9.17) is 17.0 Å². The van der Waals surface area contributed by atoms with Gasteiger partial charge in [-0.25, -0.2) is 0 Å². The second-order valence-corrected chi connectivity index (χ2v) is 5.51. The van der Waals surface area contributed by atoms with Crippen molar-refractivity contribution in [2.24, 2.45) is 0 Å². The third kappa shape index (κ3) is 5.85. The molecule has 0 saturated carbocycles. The van der Waals surface area contributed by atoms with Crippen molar-refractivity contribution in [2.75, 3.05) is 13.2 Å². The van der Waals surface area contributed by atoms with Crippen LogP contribution in [0.1, 0.15) is 36.1 Å². The number of carbonyl (C=O) groups excluding carboxylic acids is 1. The number of nitrogens with one attached hydrogen (secondary N) is 2. The Balaban J connectivity index is 2.64. The van der Waals surface area contributed by atoms with Crippen LogP contribution in [0.5, 0.6) is 0 Å². The molecule has 1 rings (SSSR count). The molecule has 0 aliphatic rings. The zero-order valence-electron chi connectivity index (χ0n) is 13.4. The fourth-order valence-electron chi connectivity index (χ4n) is 2.15. The van der Waals surface area contributed by atoms with E-state index in [9.17, 15) is 4.79 Å². The largest absolute Gasteiger partial charge is 0.464 e. The lowest BCUT2D eigenvalue weighted by Gasteiger charge is -2.22. The van der Waals surface area contributed by atoms with Gasteiger partial charge in [-0.2, -0.15) is 0 Å². The zero-order chi connectivity index (χ0) is 16.5. The minimum absolute atomic E-state index is 0.0751. The van der Waals surface area contributed by atoms with E-state index in [-0.39, 0.29) is 12.0 Å². The van der Waals surface area contributed by atoms with Crippen molar-refractivity contribution in [3.63, 3.8) is 0 Å². The number of rotatable bonds is 7. The van der Waals surface area contributed by atoms with Gasteiger partial charge < -0.3 is 15.4 Å². The number of hydrogen-bond donors (Lipinski definition) is 2. The number of hydrogen-bond acceptors (Lipinski definition) is 3. The van der Waals surface area contributed by atoms with Crippen molar-refractivity contribution in [1.82, 2.24) is 10.6 Å². The van der Waals surface area contributed by atoms with Crippen LogP contribution in [0.4, 0.5) is 0 Å². The number of carbonyl (C=O) groups is 1. The fraction of sp³-hybridized carbons (Fsp3) is 0.412. The number of thiocarbonyl (C=S) groups is 1. The Bertz CT molecular complexity index is 543. The molecule has 0 fully saturated rings. The van der Waals surface area contributed by atoms with Crippen molar-refractivity contribution in [2.45, 2.75) is 33.2 Å². The number of ether oxygens (including phenoxy) is 1. The van der Waals surface area contributed by atoms with Gasteiger partial charge in [-0.05, 0) is 49.2 Å². The van der Waals surface area contributed by atoms with E-state index in [2.05, 4.69) is 43.2 Å². The summed E-state index contributed by atoms with van der Waals surface area (Å²) < 4.78 is 4.86. The van der Waals surface area contributed by atoms with Gasteiger partial charge in [0.25, 0.3) is 0 Å². The average Bonchev–Trinajstić information content (AvgIpc) is 2.46. The molecule has 120 valence electrons. The van der Waals surface area contributed by atoms with Gasteiger partial charge in [-0.3, -0.25) is 4.79 Å². The maximum absolute atomic E-state index is 10.7. The summed E-state index contributed by atoms with van der Waals surface area (Å²) in [6.07, 6.45) is 2.65. The molecule has 1 aromatic rings. The number of benzene rings is 1. The van der Waals surface area contributed by atoms with Gasteiger partial charge in [-0.15, -0.1) is 6.58 Å². The smallest absolute Gasteiger partial charge is 0.302 e. The lowest BCUT2D eigenvalue weighted by atomic mass is 9.95. The maximum atomic E-state index is 10.7. The van der Waals surface area contributed by atoms with Gasteiger partial charge in [0.2, 0.25) is 0 Å². The van der Waals surface area contributed by atoms with Crippen LogP contribution in [0, 0.1) is 13.8 Å². The molecular weight excluding hydrogens is 296 g/mol. The average molecular weight is 320 g/mol. The SMILES string of the molecule is C=CCC(NC(=S)NCCOC(C)=O)c1cccc(C)c1C. The molecule has 2 N–H and O–H groups in total. The summed E-state index contributed by atoms with van der Waals surface area (Å²) in [5.41, 5.74) is 3.72. The second-order valence-electron chi connectivity index (χ2n) is 5.11. The van der Waals surface area contributed by atoms with Crippen molar-refractivity contribution >= 4 is 23.3 Å². The van der Waals surface area contributed by atoms with E-state index >= 15 is 0 Å². The highest BCUT2D eigenvalue weighted by Crippen LogP contribution is 2.23. The lowest BCUT2D eigenvalue weighted by molar-refractivity contribution is -0.140. The molecule has 0 radical (unpaired) electrons. The summed E-state index contributed by atoms with van der Waals surface area (Å²) in [6, 6.07) is 6.32. The summed E-state index contributed by atoms with van der Waals surface area (Å²) in [7, 11) is 0. The first-order valence-electron chi connectivity index (χ1n) is 7.30. The molecule has 1 atom stereocenters. The predicted octanol–water partition coefficient (Wildman–Crippen LogP) is 2.95. The Labute approximate surface area is 137 Å². The molecular formula is C17H24N2O2S. The van der Waals surface area contributed by atoms with E-state index in [0.29, 0.717) is 18.3 Å². The Morgan fingerprint density at radius 3 is 2.82 bits per heavy atom. The normalized spacial score (nSPS) is 11.4. The first-order chi connectivity index (χ1) is 10.5. The van der Waals surface area contributed by atoms with E-state index in [1.807, 2.05) is 12.1 Å². The van der Waals surface area contributed by atoms with Crippen molar-refractivity contribution < 1.29 is 9.53 Å². The zero-order valence-corrected chi connectivity index (χ0v) is 14.3. The second kappa shape index (κ2) is 9.20. The highest BCUT2D eigenvalue weighted by Gasteiger charge is 2.14. The van der Waals surface area contributed by atoms with Crippen LogP contribution in [0.25, 0.3) is 0 Å². The minimum atomic E-state index is -0.291. The minimum Gasteiger partial charge on any atom is -0.464 e. The van der Waals surface area contributed by atoms with Gasteiger partial charge in [0.05, 0.1) is 12.6 Å². The lowest BCUT2D eigenvalue weighted by Crippen LogP contribution is -2.39. The van der Waals surface area contributed by atoms with Gasteiger partial charge >= 0.3 is 5.97 Å². The van der Waals surface area contributed by atoms with Crippen LogP contribution in [0.2, 0.25) is 0 Å². The highest BCUT2D eigenvalue weighted by atomic mass is 32.1. The molecule has 4 nitrogen and oxygen atoms in total. The van der Waals surface area contributed by atoms with E-state index in [1.165, 1.54) is 23.6 Å². The molecule has 0 aromatic heterocycles. The van der Waals surface area contributed by atoms with Crippen LogP contribution in [0.3, 0.4) is 0 Å². The molecule has 1 aromatic carbocycles. The Kier molecular flexibility index (Phi) is 7.60. The maximum Gasteiger partial charge on any atom is 0.302 e. The molecule has 0 aliphatic carbocycles. The predicted molar refractivity (Wildman–Crippen MR) is 93.8 cm³/mol. The first kappa shape index (κ1) is 18.2. The van der Waals surface area contributed by atoms with E-state index < -0.39 is 0 Å². The summed E-state index contributed by atoms with van der Waals surface area (Å²) >= 11 is 5.30. The summed E-state index contributed by atoms with van der Waals surface area (Å²) in [5, 5.41) is 6.88. The molecule has 0 spiro atoms. The van der Waals surface area contributed by atoms with E-state index in [1.54, 1.807) is 0 Å². The van der Waals surface area contributed by atoms with Crippen LogP contribution >= 0.6 is 12.2 Å². The Hall–Kier alpha value is -1.88. The van der Waals surface area contributed by atoms with Gasteiger partial charge in [0.15, 0.2) is 5.11 Å². The first-order valence-corrected chi connectivity index (χ1v) is 7.71. The van der Waals surface area contributed by atoms with Crippen LogP contribution in [-0.4, -0.2) is 24.2 Å². The topological polar surface area (TPSA) is 50.4 Å². The number of esters is 1. The van der Waals surface area contributed by atoms with Crippen LogP contribution in [-0.2, 0) is 9.53 Å². The molecule has 1 unspecified atom stereocenters. The van der Waals surface area contributed by atoms with E-state index in [0.717, 1.165) is 6.42 Å². The third-order valence-electron chi connectivity index (χ3n) is 3.42. The van der Waals surface area contributed by atoms with Crippen LogP contribution in [0.15, 0.2) is 30.9 Å². The van der Waals surface area contributed by atoms with Crippen molar-refractivity contribution in [1.29, 1.82) is 0 Å². The molecule has 0 amide bonds. The summed E-state index contributed by atoms with van der Waals surface area (Å²) in [4.78, 5) is 10.7. The molecule has 0 heterocycles. The Morgan fingerprint density at radius 1 is 1.45 bits per heavy atom. The van der Waals surface area contributed by atoms with Crippen molar-refractivity contribution in [3.05, 3.63) is 47.5 Å². The Morgan fingerprint density at radius 2 is 2.18 bits per heavy atom. The number of aryl methyl sites for hydroxylation is 1. The fourth-order valence-corrected chi connectivity index (χ4v) is 2.39. The van der Waals surface area contributed by atoms with Gasteiger partial charge in [-0.1, -0.05) is 24.3 Å². The monoisotopic (exact) mass is 320 g/mol. The third-order valence-corrected chi connectivity index (χ3v) is 3.68. The van der Waals surface area contributed by atoms with Crippen molar-refractivity contribution in [3.8, 4) is 0 Å². The molecule has 0 bridgehead atoms. The molecule has 5 heteroatoms. The molecule has 0 saturated heterocycles. The quantitative estimate of drug-likeness (QED) is 0.350. The standard InChI is InChI=1S/C17H24N2O2S/c1-5-7-16(15-9-6-8-12(2)13(15)3)19-17(22)18-10-11-21-14(4)20/h5-6,8-9,16H,1,7,10-11H2,2-4H3,(H2,18,19,22). The highest BCUT2D eigenvalue weighted by molar-refractivity contribution is 7.80. The van der Waals surface area contributed by atoms with Crippen LogP contribution < -0.4 is 10.6 Å². The molecule has 0 aliphatic heterocycles. The summed E-state index contributed by atoms with van der Waals surface area (Å²) in [6.45, 7) is 10.2. The van der Waals surface area contributed by atoms with Gasteiger partial charge in [0, 0.05) is 6.92 Å². The summed E-state index contributed by atoms with van der Waals surface area (Å²) in [5.74, 6) is -0.291.